The van der Waals surface area contributed by atoms with E-state index in [1.165, 1.54) is 0 Å². The van der Waals surface area contributed by atoms with Crippen LogP contribution in [-0.4, -0.2) is 42.8 Å². The Bertz CT molecular complexity index is 412. The van der Waals surface area contributed by atoms with Gasteiger partial charge in [-0.05, 0) is 56.6 Å². The Morgan fingerprint density at radius 1 is 1.29 bits per heavy atom. The summed E-state index contributed by atoms with van der Waals surface area (Å²) >= 11 is 0. The monoisotopic (exact) mass is 296 g/mol. The number of aliphatic hydroxyl groups is 1. The van der Waals surface area contributed by atoms with Crippen LogP contribution in [0.15, 0.2) is 18.2 Å². The molecule has 0 saturated heterocycles. The maximum absolute atomic E-state index is 13.7. The molecule has 2 N–H and O–H groups in total. The number of hydrogen-bond donors (Lipinski definition) is 2. The zero-order chi connectivity index (χ0) is 15.7. The third-order valence-electron chi connectivity index (χ3n) is 3.86. The zero-order valence-electron chi connectivity index (χ0n) is 13.5. The first-order chi connectivity index (χ1) is 10.1. The lowest BCUT2D eigenvalue weighted by atomic mass is 10.0. The number of halogens is 1. The Morgan fingerprint density at radius 2 is 2.05 bits per heavy atom. The van der Waals surface area contributed by atoms with Gasteiger partial charge in [-0.2, -0.15) is 0 Å². The molecule has 0 saturated carbocycles. The molecule has 4 heteroatoms. The fourth-order valence-corrected chi connectivity index (χ4v) is 2.49. The van der Waals surface area contributed by atoms with Crippen molar-refractivity contribution < 1.29 is 9.50 Å². The summed E-state index contributed by atoms with van der Waals surface area (Å²) in [5.74, 6) is -0.136. The fourth-order valence-electron chi connectivity index (χ4n) is 2.49. The van der Waals surface area contributed by atoms with Gasteiger partial charge in [0.2, 0.25) is 0 Å². The molecule has 120 valence electrons. The van der Waals surface area contributed by atoms with E-state index in [4.69, 9.17) is 5.11 Å². The fraction of sp³-hybridized carbons (Fsp3) is 0.647. The summed E-state index contributed by atoms with van der Waals surface area (Å²) in [5.41, 5.74) is 1.70. The highest BCUT2D eigenvalue weighted by Gasteiger charge is 2.13. The molecule has 0 fully saturated rings. The molecule has 1 aromatic rings. The second kappa shape index (κ2) is 9.87. The quantitative estimate of drug-likeness (QED) is 0.697. The van der Waals surface area contributed by atoms with Gasteiger partial charge >= 0.3 is 0 Å². The Balaban J connectivity index is 2.65. The first kappa shape index (κ1) is 18.1. The van der Waals surface area contributed by atoms with Crippen molar-refractivity contribution in [2.24, 2.45) is 0 Å². The molecule has 1 rings (SSSR count). The van der Waals surface area contributed by atoms with Crippen LogP contribution in [0.3, 0.4) is 0 Å². The molecule has 0 amide bonds. The predicted octanol–water partition coefficient (Wildman–Crippen LogP) is 2.88. The Hall–Kier alpha value is -0.970. The minimum absolute atomic E-state index is 0.136. The van der Waals surface area contributed by atoms with Crippen LogP contribution in [0.5, 0.6) is 0 Å². The number of nitrogens with zero attached hydrogens (tertiary/aromatic N) is 1. The summed E-state index contributed by atoms with van der Waals surface area (Å²) in [5, 5.41) is 12.4. The SMILES string of the molecule is CCNC(CCN(CC)CCCO)c1ccc(C)c(F)c1. The van der Waals surface area contributed by atoms with E-state index in [1.54, 1.807) is 13.0 Å². The molecular formula is C17H29FN2O. The highest BCUT2D eigenvalue weighted by Crippen LogP contribution is 2.20. The molecule has 0 aliphatic rings. The molecule has 0 heterocycles. The van der Waals surface area contributed by atoms with Gasteiger partial charge in [0.15, 0.2) is 0 Å². The first-order valence-electron chi connectivity index (χ1n) is 7.95. The molecule has 3 nitrogen and oxygen atoms in total. The van der Waals surface area contributed by atoms with Gasteiger partial charge in [-0.15, -0.1) is 0 Å². The van der Waals surface area contributed by atoms with Gasteiger partial charge in [-0.1, -0.05) is 26.0 Å². The molecule has 1 atom stereocenters. The van der Waals surface area contributed by atoms with Crippen molar-refractivity contribution in [1.82, 2.24) is 10.2 Å². The van der Waals surface area contributed by atoms with E-state index in [2.05, 4.69) is 24.1 Å². The van der Waals surface area contributed by atoms with Crippen LogP contribution in [0.25, 0.3) is 0 Å². The standard InChI is InChI=1S/C17H29FN2O/c1-4-19-17(9-11-20(5-2)10-6-12-21)15-8-7-14(3)16(18)13-15/h7-8,13,17,19,21H,4-6,9-12H2,1-3H3. The molecule has 0 aliphatic heterocycles. The van der Waals surface area contributed by atoms with Crippen LogP contribution < -0.4 is 5.32 Å². The van der Waals surface area contributed by atoms with Gasteiger partial charge in [-0.3, -0.25) is 0 Å². The van der Waals surface area contributed by atoms with E-state index in [0.717, 1.165) is 44.6 Å². The largest absolute Gasteiger partial charge is 0.396 e. The van der Waals surface area contributed by atoms with Crippen LogP contribution >= 0.6 is 0 Å². The van der Waals surface area contributed by atoms with Crippen LogP contribution in [0.1, 0.15) is 43.9 Å². The average molecular weight is 296 g/mol. The van der Waals surface area contributed by atoms with Crippen LogP contribution in [0.2, 0.25) is 0 Å². The topological polar surface area (TPSA) is 35.5 Å². The summed E-state index contributed by atoms with van der Waals surface area (Å²) in [7, 11) is 0. The van der Waals surface area contributed by atoms with Gasteiger partial charge in [0.25, 0.3) is 0 Å². The Kier molecular flexibility index (Phi) is 8.50. The number of nitrogens with one attached hydrogen (secondary N) is 1. The highest BCUT2D eigenvalue weighted by molar-refractivity contribution is 5.25. The molecule has 1 unspecified atom stereocenters. The first-order valence-corrected chi connectivity index (χ1v) is 7.95. The molecule has 0 aromatic heterocycles. The third kappa shape index (κ3) is 6.12. The minimum Gasteiger partial charge on any atom is -0.396 e. The van der Waals surface area contributed by atoms with Gasteiger partial charge in [0, 0.05) is 19.2 Å². The summed E-state index contributed by atoms with van der Waals surface area (Å²) in [4.78, 5) is 2.32. The molecule has 0 aliphatic carbocycles. The lowest BCUT2D eigenvalue weighted by molar-refractivity contribution is 0.223. The van der Waals surface area contributed by atoms with Crippen LogP contribution in [-0.2, 0) is 0 Å². The van der Waals surface area contributed by atoms with E-state index in [-0.39, 0.29) is 18.5 Å². The van der Waals surface area contributed by atoms with Crippen molar-refractivity contribution in [1.29, 1.82) is 0 Å². The van der Waals surface area contributed by atoms with Crippen molar-refractivity contribution in [2.45, 2.75) is 39.7 Å². The predicted molar refractivity (Wildman–Crippen MR) is 86.0 cm³/mol. The molecular weight excluding hydrogens is 267 g/mol. The van der Waals surface area contributed by atoms with E-state index in [9.17, 15) is 4.39 Å². The molecule has 1 aromatic carbocycles. The second-order valence-electron chi connectivity index (χ2n) is 5.42. The number of rotatable bonds is 10. The number of benzene rings is 1. The maximum Gasteiger partial charge on any atom is 0.126 e. The van der Waals surface area contributed by atoms with Crippen LogP contribution in [0.4, 0.5) is 4.39 Å². The van der Waals surface area contributed by atoms with Crippen molar-refractivity contribution in [2.75, 3.05) is 32.8 Å². The lowest BCUT2D eigenvalue weighted by Crippen LogP contribution is -2.30. The van der Waals surface area contributed by atoms with Crippen molar-refractivity contribution in [3.05, 3.63) is 35.1 Å². The van der Waals surface area contributed by atoms with E-state index in [1.807, 2.05) is 12.1 Å². The summed E-state index contributed by atoms with van der Waals surface area (Å²) in [6.07, 6.45) is 1.74. The molecule has 0 radical (unpaired) electrons. The second-order valence-corrected chi connectivity index (χ2v) is 5.42. The minimum atomic E-state index is -0.136. The van der Waals surface area contributed by atoms with Crippen LogP contribution in [0, 0.1) is 12.7 Å². The Labute approximate surface area is 128 Å². The van der Waals surface area contributed by atoms with Crippen molar-refractivity contribution in [3.63, 3.8) is 0 Å². The third-order valence-corrected chi connectivity index (χ3v) is 3.86. The summed E-state index contributed by atoms with van der Waals surface area (Å²) in [6, 6.07) is 5.68. The van der Waals surface area contributed by atoms with Gasteiger partial charge in [0.1, 0.15) is 5.82 Å². The lowest BCUT2D eigenvalue weighted by Gasteiger charge is -2.24. The zero-order valence-corrected chi connectivity index (χ0v) is 13.5. The number of hydrogen-bond acceptors (Lipinski definition) is 3. The molecule has 21 heavy (non-hydrogen) atoms. The normalized spacial score (nSPS) is 12.9. The summed E-state index contributed by atoms with van der Waals surface area (Å²) in [6.45, 7) is 9.92. The van der Waals surface area contributed by atoms with Gasteiger partial charge in [0.05, 0.1) is 0 Å². The van der Waals surface area contributed by atoms with Crippen molar-refractivity contribution >= 4 is 0 Å². The molecule has 0 bridgehead atoms. The van der Waals surface area contributed by atoms with Gasteiger partial charge in [-0.25, -0.2) is 4.39 Å². The number of aryl methyl sites for hydroxylation is 1. The number of aliphatic hydroxyl groups excluding tert-OH is 1. The highest BCUT2D eigenvalue weighted by atomic mass is 19.1. The summed E-state index contributed by atoms with van der Waals surface area (Å²) < 4.78 is 13.7. The average Bonchev–Trinajstić information content (AvgIpc) is 2.49. The Morgan fingerprint density at radius 3 is 2.62 bits per heavy atom. The smallest absolute Gasteiger partial charge is 0.126 e. The van der Waals surface area contributed by atoms with Crippen molar-refractivity contribution in [3.8, 4) is 0 Å². The van der Waals surface area contributed by atoms with E-state index < -0.39 is 0 Å². The van der Waals surface area contributed by atoms with Gasteiger partial charge < -0.3 is 15.3 Å². The van der Waals surface area contributed by atoms with E-state index in [0.29, 0.717) is 5.56 Å². The maximum atomic E-state index is 13.7. The van der Waals surface area contributed by atoms with E-state index >= 15 is 0 Å². The molecule has 0 spiro atoms.